The molecule has 0 aliphatic heterocycles. The van der Waals surface area contributed by atoms with Gasteiger partial charge in [0.25, 0.3) is 0 Å². The summed E-state index contributed by atoms with van der Waals surface area (Å²) in [7, 11) is 0. The van der Waals surface area contributed by atoms with Gasteiger partial charge in [-0.2, -0.15) is 0 Å². The lowest BCUT2D eigenvalue weighted by molar-refractivity contribution is 0.558. The molecule has 0 unspecified atom stereocenters. The first-order valence-electron chi connectivity index (χ1n) is 10.7. The van der Waals surface area contributed by atoms with Crippen LogP contribution in [0.1, 0.15) is 76.7 Å². The summed E-state index contributed by atoms with van der Waals surface area (Å²) in [6.45, 7) is 4.22. The molecule has 0 atom stereocenters. The fraction of sp³-hybridized carbons (Fsp3) is 0.520. The first-order valence-corrected chi connectivity index (χ1v) is 10.7. The number of furan rings is 1. The van der Waals surface area contributed by atoms with E-state index in [0.29, 0.717) is 0 Å². The molecule has 1 heterocycles. The van der Waals surface area contributed by atoms with Crippen LogP contribution in [0.2, 0.25) is 0 Å². The number of allylic oxidation sites excluding steroid dienone is 8. The SMILES string of the molecule is CCCCC/C=C\C/C=C\C/C=C\C/C=C\CCCCNCc1ccoc1. The lowest BCUT2D eigenvalue weighted by atomic mass is 10.2. The van der Waals surface area contributed by atoms with Crippen molar-refractivity contribution in [3.8, 4) is 0 Å². The van der Waals surface area contributed by atoms with Gasteiger partial charge < -0.3 is 9.73 Å². The van der Waals surface area contributed by atoms with E-state index in [1.807, 2.05) is 6.07 Å². The van der Waals surface area contributed by atoms with E-state index in [1.54, 1.807) is 12.5 Å². The van der Waals surface area contributed by atoms with Crippen molar-refractivity contribution in [3.05, 3.63) is 72.8 Å². The Hall–Kier alpha value is -1.80. The molecule has 0 aromatic carbocycles. The molecule has 2 nitrogen and oxygen atoms in total. The van der Waals surface area contributed by atoms with Crippen molar-refractivity contribution < 1.29 is 4.42 Å². The molecule has 0 radical (unpaired) electrons. The highest BCUT2D eigenvalue weighted by atomic mass is 16.3. The maximum Gasteiger partial charge on any atom is 0.0947 e. The summed E-state index contributed by atoms with van der Waals surface area (Å²) in [6, 6.07) is 2.01. The number of hydrogen-bond acceptors (Lipinski definition) is 2. The molecule has 0 saturated heterocycles. The van der Waals surface area contributed by atoms with Gasteiger partial charge >= 0.3 is 0 Å². The Morgan fingerprint density at radius 3 is 1.93 bits per heavy atom. The minimum atomic E-state index is 0.904. The third kappa shape index (κ3) is 16.1. The Labute approximate surface area is 167 Å². The lowest BCUT2D eigenvalue weighted by Gasteiger charge is -2.01. The Bertz CT molecular complexity index is 523. The summed E-state index contributed by atoms with van der Waals surface area (Å²) in [5.74, 6) is 0. The monoisotopic (exact) mass is 369 g/mol. The number of rotatable bonds is 17. The minimum Gasteiger partial charge on any atom is -0.472 e. The zero-order valence-electron chi connectivity index (χ0n) is 17.2. The van der Waals surface area contributed by atoms with Crippen LogP contribution >= 0.6 is 0 Å². The standard InChI is InChI=1S/C25H39NO/c1-2-3-4-5-6-7-8-9-10-11-12-13-14-15-16-17-18-19-21-26-23-25-20-22-27-24-25/h6-7,9-10,12-13,15-16,20,22,24,26H,2-5,8,11,14,17-19,21,23H2,1H3/b7-6-,10-9-,13-12-,16-15-. The second kappa shape index (κ2) is 19.0. The first-order chi connectivity index (χ1) is 13.4. The van der Waals surface area contributed by atoms with E-state index in [4.69, 9.17) is 4.42 Å². The van der Waals surface area contributed by atoms with Crippen molar-refractivity contribution in [2.24, 2.45) is 0 Å². The highest BCUT2D eigenvalue weighted by molar-refractivity contribution is 5.04. The third-order valence-corrected chi connectivity index (χ3v) is 4.34. The topological polar surface area (TPSA) is 25.2 Å². The predicted molar refractivity (Wildman–Crippen MR) is 119 cm³/mol. The zero-order valence-corrected chi connectivity index (χ0v) is 17.2. The first kappa shape index (κ1) is 23.2. The average Bonchev–Trinajstić information content (AvgIpc) is 3.20. The molecule has 150 valence electrons. The summed E-state index contributed by atoms with van der Waals surface area (Å²) in [5.41, 5.74) is 1.22. The van der Waals surface area contributed by atoms with E-state index in [1.165, 1.54) is 50.5 Å². The van der Waals surface area contributed by atoms with Crippen LogP contribution in [0.3, 0.4) is 0 Å². The molecule has 0 amide bonds. The van der Waals surface area contributed by atoms with E-state index < -0.39 is 0 Å². The predicted octanol–water partition coefficient (Wildman–Crippen LogP) is 7.51. The van der Waals surface area contributed by atoms with Gasteiger partial charge in [0.15, 0.2) is 0 Å². The van der Waals surface area contributed by atoms with Crippen LogP contribution in [0.5, 0.6) is 0 Å². The van der Waals surface area contributed by atoms with Crippen LogP contribution in [-0.4, -0.2) is 6.54 Å². The van der Waals surface area contributed by atoms with Crippen molar-refractivity contribution in [2.75, 3.05) is 6.54 Å². The molecule has 2 heteroatoms. The molecule has 0 fully saturated rings. The summed E-state index contributed by atoms with van der Waals surface area (Å²) in [4.78, 5) is 0. The zero-order chi connectivity index (χ0) is 19.3. The van der Waals surface area contributed by atoms with E-state index in [-0.39, 0.29) is 0 Å². The second-order valence-corrected chi connectivity index (χ2v) is 6.89. The van der Waals surface area contributed by atoms with Crippen molar-refractivity contribution in [1.29, 1.82) is 0 Å². The molecule has 1 rings (SSSR count). The van der Waals surface area contributed by atoms with Crippen LogP contribution in [0.4, 0.5) is 0 Å². The van der Waals surface area contributed by atoms with Gasteiger partial charge in [0.1, 0.15) is 0 Å². The second-order valence-electron chi connectivity index (χ2n) is 6.89. The Morgan fingerprint density at radius 2 is 1.37 bits per heavy atom. The Balaban J connectivity index is 1.84. The highest BCUT2D eigenvalue weighted by Crippen LogP contribution is 2.02. The smallest absolute Gasteiger partial charge is 0.0947 e. The molecule has 1 N–H and O–H groups in total. The summed E-state index contributed by atoms with van der Waals surface area (Å²) in [6.07, 6.45) is 33.7. The van der Waals surface area contributed by atoms with Gasteiger partial charge in [-0.25, -0.2) is 0 Å². The van der Waals surface area contributed by atoms with Crippen LogP contribution in [0.15, 0.2) is 71.6 Å². The van der Waals surface area contributed by atoms with Crippen LogP contribution in [0.25, 0.3) is 0 Å². The van der Waals surface area contributed by atoms with Gasteiger partial charge in [0.2, 0.25) is 0 Å². The fourth-order valence-electron chi connectivity index (χ4n) is 2.70. The van der Waals surface area contributed by atoms with Crippen LogP contribution in [-0.2, 0) is 6.54 Å². The maximum absolute atomic E-state index is 5.05. The van der Waals surface area contributed by atoms with E-state index in [2.05, 4.69) is 60.8 Å². The molecule has 27 heavy (non-hydrogen) atoms. The number of nitrogens with one attached hydrogen (secondary N) is 1. The van der Waals surface area contributed by atoms with Gasteiger partial charge in [-0.15, -0.1) is 0 Å². The Kier molecular flexibility index (Phi) is 16.3. The van der Waals surface area contributed by atoms with Gasteiger partial charge in [-0.1, -0.05) is 68.4 Å². The van der Waals surface area contributed by atoms with E-state index in [9.17, 15) is 0 Å². The molecule has 0 aliphatic carbocycles. The maximum atomic E-state index is 5.05. The van der Waals surface area contributed by atoms with E-state index in [0.717, 1.165) is 32.4 Å². The Morgan fingerprint density at radius 1 is 0.778 bits per heavy atom. The molecule has 0 spiro atoms. The summed E-state index contributed by atoms with van der Waals surface area (Å²) < 4.78 is 5.05. The number of hydrogen-bond donors (Lipinski definition) is 1. The van der Waals surface area contributed by atoms with Gasteiger partial charge in [-0.05, 0) is 64.0 Å². The van der Waals surface area contributed by atoms with Gasteiger partial charge in [-0.3, -0.25) is 0 Å². The van der Waals surface area contributed by atoms with Crippen molar-refractivity contribution in [3.63, 3.8) is 0 Å². The quantitative estimate of drug-likeness (QED) is 0.227. The molecular weight excluding hydrogens is 330 g/mol. The molecule has 0 bridgehead atoms. The average molecular weight is 370 g/mol. The molecule has 1 aromatic rings. The summed E-state index contributed by atoms with van der Waals surface area (Å²) in [5, 5.41) is 3.44. The highest BCUT2D eigenvalue weighted by Gasteiger charge is 1.92. The molecular formula is C25H39NO. The summed E-state index contributed by atoms with van der Waals surface area (Å²) >= 11 is 0. The van der Waals surface area contributed by atoms with Crippen LogP contribution < -0.4 is 5.32 Å². The van der Waals surface area contributed by atoms with Gasteiger partial charge in [0, 0.05) is 12.1 Å². The van der Waals surface area contributed by atoms with Crippen molar-refractivity contribution in [1.82, 2.24) is 5.32 Å². The largest absolute Gasteiger partial charge is 0.472 e. The van der Waals surface area contributed by atoms with Gasteiger partial charge in [0.05, 0.1) is 12.5 Å². The lowest BCUT2D eigenvalue weighted by Crippen LogP contribution is -2.13. The normalized spacial score (nSPS) is 12.5. The number of unbranched alkanes of at least 4 members (excludes halogenated alkanes) is 5. The molecule has 0 saturated carbocycles. The minimum absolute atomic E-state index is 0.904. The third-order valence-electron chi connectivity index (χ3n) is 4.34. The molecule has 1 aromatic heterocycles. The fourth-order valence-corrected chi connectivity index (χ4v) is 2.70. The molecule has 0 aliphatic rings. The van der Waals surface area contributed by atoms with Crippen molar-refractivity contribution in [2.45, 2.75) is 77.7 Å². The van der Waals surface area contributed by atoms with Crippen LogP contribution in [0, 0.1) is 0 Å². The van der Waals surface area contributed by atoms with Crippen molar-refractivity contribution >= 4 is 0 Å². The van der Waals surface area contributed by atoms with E-state index >= 15 is 0 Å².